The second kappa shape index (κ2) is 6.32. The van der Waals surface area contributed by atoms with Crippen molar-refractivity contribution in [1.82, 2.24) is 9.78 Å². The Morgan fingerprint density at radius 2 is 2.33 bits per heavy atom. The molecule has 2 aromatic heterocycles. The number of aliphatic hydroxyl groups is 1. The van der Waals surface area contributed by atoms with Gasteiger partial charge in [0.1, 0.15) is 0 Å². The summed E-state index contributed by atoms with van der Waals surface area (Å²) in [6.45, 7) is 2.04. The highest BCUT2D eigenvalue weighted by Gasteiger charge is 2.21. The first-order valence-corrected chi connectivity index (χ1v) is 9.52. The van der Waals surface area contributed by atoms with E-state index in [1.807, 2.05) is 25.7 Å². The third kappa shape index (κ3) is 3.02. The number of nitrogens with zero attached hydrogens (tertiary/aromatic N) is 2. The smallest absolute Gasteiger partial charge is 0.0937 e. The number of thioether (sulfide) groups is 1. The van der Waals surface area contributed by atoms with Crippen LogP contribution in [0.3, 0.4) is 0 Å². The molecule has 2 aromatic rings. The fourth-order valence-corrected chi connectivity index (χ4v) is 5.39. The number of rotatable bonds is 4. The number of hydrogen-bond acceptors (Lipinski definition) is 4. The molecule has 3 nitrogen and oxygen atoms in total. The molecule has 0 spiro atoms. The van der Waals surface area contributed by atoms with Crippen LogP contribution >= 0.6 is 34.7 Å². The molecule has 0 fully saturated rings. The zero-order valence-corrected chi connectivity index (χ0v) is 14.6. The van der Waals surface area contributed by atoms with Gasteiger partial charge in [-0.2, -0.15) is 16.9 Å². The van der Waals surface area contributed by atoms with Crippen molar-refractivity contribution >= 4 is 34.7 Å². The Hall–Kier alpha value is -0.490. The maximum absolute atomic E-state index is 10.6. The summed E-state index contributed by atoms with van der Waals surface area (Å²) in [4.78, 5) is 2.49. The van der Waals surface area contributed by atoms with Crippen LogP contribution in [0.4, 0.5) is 0 Å². The predicted molar refractivity (Wildman–Crippen MR) is 90.4 cm³/mol. The summed E-state index contributed by atoms with van der Waals surface area (Å²) in [5.74, 6) is 2.27. The van der Waals surface area contributed by atoms with Crippen molar-refractivity contribution in [2.24, 2.45) is 7.05 Å². The normalized spacial score (nSPS) is 16.0. The average molecular weight is 343 g/mol. The molecular weight excluding hydrogens is 324 g/mol. The molecule has 3 rings (SSSR count). The van der Waals surface area contributed by atoms with Crippen LogP contribution in [0.1, 0.15) is 39.7 Å². The summed E-state index contributed by atoms with van der Waals surface area (Å²) in [7, 11) is 1.89. The summed E-state index contributed by atoms with van der Waals surface area (Å²) in [5, 5.41) is 15.7. The summed E-state index contributed by atoms with van der Waals surface area (Å²) >= 11 is 10.1. The zero-order chi connectivity index (χ0) is 15.0. The zero-order valence-electron chi connectivity index (χ0n) is 12.2. The third-order valence-electron chi connectivity index (χ3n) is 3.86. The van der Waals surface area contributed by atoms with Crippen molar-refractivity contribution in [1.29, 1.82) is 0 Å². The fourth-order valence-electron chi connectivity index (χ4n) is 2.66. The summed E-state index contributed by atoms with van der Waals surface area (Å²) in [6, 6.07) is 2.17. The van der Waals surface area contributed by atoms with Crippen LogP contribution in [0.15, 0.2) is 6.07 Å². The maximum Gasteiger partial charge on any atom is 0.0937 e. The van der Waals surface area contributed by atoms with Crippen molar-refractivity contribution in [3.8, 4) is 0 Å². The first kappa shape index (κ1) is 15.4. The molecule has 114 valence electrons. The molecule has 1 N–H and O–H groups in total. The molecule has 0 bridgehead atoms. The Morgan fingerprint density at radius 3 is 3.00 bits per heavy atom. The Balaban J connectivity index is 1.81. The van der Waals surface area contributed by atoms with E-state index in [2.05, 4.69) is 11.2 Å². The quantitative estimate of drug-likeness (QED) is 0.919. The van der Waals surface area contributed by atoms with Crippen LogP contribution in [-0.4, -0.2) is 20.6 Å². The van der Waals surface area contributed by atoms with Gasteiger partial charge in [-0.05, 0) is 30.2 Å². The van der Waals surface area contributed by atoms with Gasteiger partial charge in [0.05, 0.1) is 22.5 Å². The number of aromatic nitrogens is 2. The number of aliphatic hydroxyl groups excluding tert-OH is 1. The summed E-state index contributed by atoms with van der Waals surface area (Å²) < 4.78 is 1.80. The summed E-state index contributed by atoms with van der Waals surface area (Å²) in [5.41, 5.74) is 3.22. The number of halogens is 1. The molecule has 6 heteroatoms. The Kier molecular flexibility index (Phi) is 4.64. The van der Waals surface area contributed by atoms with Gasteiger partial charge in [0.25, 0.3) is 0 Å². The molecule has 0 saturated carbocycles. The second-order valence-corrected chi connectivity index (χ2v) is 7.96. The highest BCUT2D eigenvalue weighted by molar-refractivity contribution is 7.98. The molecule has 21 heavy (non-hydrogen) atoms. The van der Waals surface area contributed by atoms with Gasteiger partial charge in [-0.15, -0.1) is 11.3 Å². The fraction of sp³-hybridized carbons (Fsp3) is 0.533. The van der Waals surface area contributed by atoms with Gasteiger partial charge >= 0.3 is 0 Å². The van der Waals surface area contributed by atoms with E-state index in [-0.39, 0.29) is 0 Å². The molecular formula is C15H19ClN2OS2. The van der Waals surface area contributed by atoms with Gasteiger partial charge < -0.3 is 5.11 Å². The molecule has 1 aliphatic rings. The highest BCUT2D eigenvalue weighted by atomic mass is 35.5. The van der Waals surface area contributed by atoms with E-state index >= 15 is 0 Å². The molecule has 0 amide bonds. The highest BCUT2D eigenvalue weighted by Crippen LogP contribution is 2.36. The van der Waals surface area contributed by atoms with Crippen LogP contribution in [-0.2, 0) is 32.1 Å². The van der Waals surface area contributed by atoms with Gasteiger partial charge in [0.15, 0.2) is 0 Å². The van der Waals surface area contributed by atoms with Crippen LogP contribution in [0.5, 0.6) is 0 Å². The minimum atomic E-state index is -0.497. The van der Waals surface area contributed by atoms with Gasteiger partial charge in [0.2, 0.25) is 0 Å². The lowest BCUT2D eigenvalue weighted by Crippen LogP contribution is -2.05. The predicted octanol–water partition coefficient (Wildman–Crippen LogP) is 3.76. The van der Waals surface area contributed by atoms with Crippen molar-refractivity contribution in [3.63, 3.8) is 0 Å². The summed E-state index contributed by atoms with van der Waals surface area (Å²) in [6.07, 6.45) is 1.97. The number of fused-ring (bicyclic) bond motifs is 1. The van der Waals surface area contributed by atoms with E-state index < -0.39 is 6.10 Å². The molecule has 1 unspecified atom stereocenters. The van der Waals surface area contributed by atoms with Crippen molar-refractivity contribution < 1.29 is 5.11 Å². The van der Waals surface area contributed by atoms with Crippen molar-refractivity contribution in [3.05, 3.63) is 37.8 Å². The molecule has 1 aliphatic heterocycles. The molecule has 0 saturated heterocycles. The molecule has 0 aromatic carbocycles. The van der Waals surface area contributed by atoms with E-state index in [9.17, 15) is 5.11 Å². The molecule has 1 atom stereocenters. The van der Waals surface area contributed by atoms with Crippen LogP contribution in [0.2, 0.25) is 5.02 Å². The number of aryl methyl sites for hydroxylation is 3. The van der Waals surface area contributed by atoms with E-state index in [1.165, 1.54) is 16.2 Å². The van der Waals surface area contributed by atoms with Gasteiger partial charge in [0, 0.05) is 29.0 Å². The maximum atomic E-state index is 10.6. The molecule has 0 aliphatic carbocycles. The first-order valence-electron chi connectivity index (χ1n) is 7.17. The monoisotopic (exact) mass is 342 g/mol. The van der Waals surface area contributed by atoms with Gasteiger partial charge in [-0.3, -0.25) is 4.68 Å². The average Bonchev–Trinajstić information content (AvgIpc) is 3.03. The van der Waals surface area contributed by atoms with Crippen molar-refractivity contribution in [2.45, 2.75) is 38.0 Å². The van der Waals surface area contributed by atoms with E-state index in [0.717, 1.165) is 34.9 Å². The van der Waals surface area contributed by atoms with Crippen LogP contribution in [0, 0.1) is 0 Å². The SMILES string of the molecule is CCc1nn(C)c(CC(O)c2cc3c(s2)CCSC3)c1Cl. The topological polar surface area (TPSA) is 38.0 Å². The third-order valence-corrected chi connectivity index (χ3v) is 6.65. The second-order valence-electron chi connectivity index (χ2n) is 5.30. The first-order chi connectivity index (χ1) is 10.1. The van der Waals surface area contributed by atoms with E-state index in [4.69, 9.17) is 11.6 Å². The largest absolute Gasteiger partial charge is 0.387 e. The van der Waals surface area contributed by atoms with Crippen LogP contribution < -0.4 is 0 Å². The van der Waals surface area contributed by atoms with E-state index in [1.54, 1.807) is 16.0 Å². The number of thiophene rings is 1. The molecule has 0 radical (unpaired) electrons. The minimum Gasteiger partial charge on any atom is -0.387 e. The van der Waals surface area contributed by atoms with Gasteiger partial charge in [-0.25, -0.2) is 0 Å². The standard InChI is InChI=1S/C15H19ClN2OS2/c1-3-10-15(16)11(18(2)17-10)7-12(19)14-6-9-8-20-5-4-13(9)21-14/h6,12,19H,3-5,7-8H2,1-2H3. The lowest BCUT2D eigenvalue weighted by atomic mass is 10.1. The lowest BCUT2D eigenvalue weighted by molar-refractivity contribution is 0.179. The van der Waals surface area contributed by atoms with E-state index in [0.29, 0.717) is 11.4 Å². The Labute approximate surface area is 138 Å². The Bertz CT molecular complexity index is 627. The minimum absolute atomic E-state index is 0.497. The molecule has 3 heterocycles. The number of hydrogen-bond donors (Lipinski definition) is 1. The Morgan fingerprint density at radius 1 is 1.52 bits per heavy atom. The van der Waals surface area contributed by atoms with Gasteiger partial charge in [-0.1, -0.05) is 18.5 Å². The van der Waals surface area contributed by atoms with Crippen molar-refractivity contribution in [2.75, 3.05) is 5.75 Å². The lowest BCUT2D eigenvalue weighted by Gasteiger charge is -2.09. The van der Waals surface area contributed by atoms with Crippen LogP contribution in [0.25, 0.3) is 0 Å².